The predicted molar refractivity (Wildman–Crippen MR) is 80.1 cm³/mol. The molecule has 0 bridgehead atoms. The summed E-state index contributed by atoms with van der Waals surface area (Å²) in [6.45, 7) is 0.894. The molecular weight excluding hydrogens is 359 g/mol. The Hall–Kier alpha value is -1.31. The van der Waals surface area contributed by atoms with Gasteiger partial charge in [-0.1, -0.05) is 0 Å². The van der Waals surface area contributed by atoms with E-state index in [2.05, 4.69) is 27.9 Å². The Kier molecular flexibility index (Phi) is 4.62. The fourth-order valence-electron chi connectivity index (χ4n) is 2.10. The van der Waals surface area contributed by atoms with Crippen molar-refractivity contribution in [3.05, 3.63) is 27.8 Å². The number of hydrogen-bond acceptors (Lipinski definition) is 2. The van der Waals surface area contributed by atoms with Gasteiger partial charge >= 0.3 is 12.0 Å². The summed E-state index contributed by atoms with van der Waals surface area (Å²) in [5.74, 6) is -1.28. The Bertz CT molecular complexity index is 475. The minimum absolute atomic E-state index is 0.229. The van der Waals surface area contributed by atoms with Crippen LogP contribution in [0.4, 0.5) is 10.5 Å². The first-order valence-electron chi connectivity index (χ1n) is 6.10. The maximum absolute atomic E-state index is 12.0. The summed E-state index contributed by atoms with van der Waals surface area (Å²) in [7, 11) is 0. The van der Waals surface area contributed by atoms with E-state index in [1.54, 1.807) is 4.90 Å². The van der Waals surface area contributed by atoms with E-state index in [0.717, 1.165) is 15.7 Å². The molecule has 1 atom stereocenters. The van der Waals surface area contributed by atoms with E-state index in [9.17, 15) is 9.59 Å². The van der Waals surface area contributed by atoms with Gasteiger partial charge in [0.05, 0.1) is 5.92 Å². The zero-order chi connectivity index (χ0) is 13.8. The first-order valence-corrected chi connectivity index (χ1v) is 7.18. The number of carboxylic acids is 1. The number of amides is 2. The van der Waals surface area contributed by atoms with Crippen LogP contribution in [-0.2, 0) is 4.79 Å². The highest BCUT2D eigenvalue weighted by Crippen LogP contribution is 2.18. The van der Waals surface area contributed by atoms with Crippen molar-refractivity contribution in [2.75, 3.05) is 18.4 Å². The number of carbonyl (C=O) groups is 2. The zero-order valence-electron chi connectivity index (χ0n) is 10.3. The highest BCUT2D eigenvalue weighted by molar-refractivity contribution is 14.1. The van der Waals surface area contributed by atoms with Crippen molar-refractivity contribution >= 4 is 40.3 Å². The van der Waals surface area contributed by atoms with Crippen LogP contribution in [0.2, 0.25) is 0 Å². The molecule has 0 spiro atoms. The molecule has 6 heteroatoms. The average molecular weight is 374 g/mol. The average Bonchev–Trinajstić information content (AvgIpc) is 2.41. The molecule has 1 aromatic rings. The van der Waals surface area contributed by atoms with Crippen molar-refractivity contribution in [1.82, 2.24) is 4.90 Å². The van der Waals surface area contributed by atoms with Gasteiger partial charge in [-0.15, -0.1) is 0 Å². The van der Waals surface area contributed by atoms with E-state index < -0.39 is 11.9 Å². The van der Waals surface area contributed by atoms with Crippen LogP contribution in [0.25, 0.3) is 0 Å². The lowest BCUT2D eigenvalue weighted by molar-refractivity contribution is -0.143. The lowest BCUT2D eigenvalue weighted by Gasteiger charge is -2.30. The standard InChI is InChI=1S/C13H15IN2O3/c14-10-3-5-11(6-4-10)15-13(19)16-7-1-2-9(8-16)12(17)18/h3-6,9H,1-2,7-8H2,(H,15,19)(H,17,18)/t9-/m0/s1. The van der Waals surface area contributed by atoms with Crippen LogP contribution in [0.1, 0.15) is 12.8 Å². The highest BCUT2D eigenvalue weighted by atomic mass is 127. The summed E-state index contributed by atoms with van der Waals surface area (Å²) in [5.41, 5.74) is 0.725. The molecule has 19 heavy (non-hydrogen) atoms. The van der Waals surface area contributed by atoms with E-state index in [0.29, 0.717) is 13.0 Å². The number of rotatable bonds is 2. The predicted octanol–water partition coefficient (Wildman–Crippen LogP) is 2.62. The van der Waals surface area contributed by atoms with Crippen LogP contribution in [0.15, 0.2) is 24.3 Å². The monoisotopic (exact) mass is 374 g/mol. The topological polar surface area (TPSA) is 69.6 Å². The fourth-order valence-corrected chi connectivity index (χ4v) is 2.46. The maximum Gasteiger partial charge on any atom is 0.321 e. The van der Waals surface area contributed by atoms with E-state index in [-0.39, 0.29) is 12.6 Å². The lowest BCUT2D eigenvalue weighted by atomic mass is 9.99. The lowest BCUT2D eigenvalue weighted by Crippen LogP contribution is -2.44. The number of hydrogen-bond donors (Lipinski definition) is 2. The van der Waals surface area contributed by atoms with E-state index in [1.165, 1.54) is 0 Å². The van der Waals surface area contributed by atoms with Crippen molar-refractivity contribution in [2.24, 2.45) is 5.92 Å². The number of nitrogens with one attached hydrogen (secondary N) is 1. The van der Waals surface area contributed by atoms with Crippen molar-refractivity contribution in [2.45, 2.75) is 12.8 Å². The van der Waals surface area contributed by atoms with E-state index >= 15 is 0 Å². The minimum Gasteiger partial charge on any atom is -0.481 e. The first kappa shape index (κ1) is 14.1. The van der Waals surface area contributed by atoms with Crippen LogP contribution in [0.3, 0.4) is 0 Å². The number of piperidine rings is 1. The molecule has 2 N–H and O–H groups in total. The van der Waals surface area contributed by atoms with Crippen LogP contribution >= 0.6 is 22.6 Å². The molecule has 0 aliphatic carbocycles. The van der Waals surface area contributed by atoms with Crippen molar-refractivity contribution in [1.29, 1.82) is 0 Å². The Balaban J connectivity index is 1.96. The number of halogens is 1. The third kappa shape index (κ3) is 3.82. The Morgan fingerprint density at radius 2 is 2.00 bits per heavy atom. The van der Waals surface area contributed by atoms with Gasteiger partial charge in [0.1, 0.15) is 0 Å². The molecule has 2 rings (SSSR count). The Morgan fingerprint density at radius 1 is 1.32 bits per heavy atom. The SMILES string of the molecule is O=C(O)[C@H]1CCCN(C(=O)Nc2ccc(I)cc2)C1. The van der Waals surface area contributed by atoms with Crippen molar-refractivity contribution in [3.8, 4) is 0 Å². The number of carbonyl (C=O) groups excluding carboxylic acids is 1. The number of nitrogens with zero attached hydrogens (tertiary/aromatic N) is 1. The van der Waals surface area contributed by atoms with Crippen LogP contribution in [0, 0.1) is 9.49 Å². The number of anilines is 1. The zero-order valence-corrected chi connectivity index (χ0v) is 12.5. The summed E-state index contributed by atoms with van der Waals surface area (Å²) in [4.78, 5) is 24.6. The summed E-state index contributed by atoms with van der Waals surface area (Å²) in [6, 6.07) is 7.25. The first-order chi connectivity index (χ1) is 9.06. The van der Waals surface area contributed by atoms with Gasteiger partial charge < -0.3 is 15.3 Å². The summed E-state index contributed by atoms with van der Waals surface area (Å²) in [6.07, 6.45) is 1.37. The molecule has 1 heterocycles. The highest BCUT2D eigenvalue weighted by Gasteiger charge is 2.28. The van der Waals surface area contributed by atoms with Gasteiger partial charge in [0, 0.05) is 22.3 Å². The number of aliphatic carboxylic acids is 1. The number of benzene rings is 1. The quantitative estimate of drug-likeness (QED) is 0.782. The number of likely N-dealkylation sites (tertiary alicyclic amines) is 1. The fraction of sp³-hybridized carbons (Fsp3) is 0.385. The van der Waals surface area contributed by atoms with Gasteiger partial charge in [-0.05, 0) is 59.7 Å². The molecule has 0 radical (unpaired) electrons. The molecule has 0 saturated carbocycles. The molecule has 1 aliphatic heterocycles. The van der Waals surface area contributed by atoms with Gasteiger partial charge in [0.25, 0.3) is 0 Å². The number of urea groups is 1. The molecule has 0 unspecified atom stereocenters. The second-order valence-corrected chi connectivity index (χ2v) is 5.81. The Morgan fingerprint density at radius 3 is 2.63 bits per heavy atom. The van der Waals surface area contributed by atoms with Crippen molar-refractivity contribution in [3.63, 3.8) is 0 Å². The second kappa shape index (κ2) is 6.23. The van der Waals surface area contributed by atoms with Crippen LogP contribution in [-0.4, -0.2) is 35.1 Å². The van der Waals surface area contributed by atoms with Crippen molar-refractivity contribution < 1.29 is 14.7 Å². The smallest absolute Gasteiger partial charge is 0.321 e. The largest absolute Gasteiger partial charge is 0.481 e. The second-order valence-electron chi connectivity index (χ2n) is 4.56. The van der Waals surface area contributed by atoms with Gasteiger partial charge in [0.2, 0.25) is 0 Å². The van der Waals surface area contributed by atoms with E-state index in [1.807, 2.05) is 24.3 Å². The normalized spacial score (nSPS) is 19.0. The van der Waals surface area contributed by atoms with E-state index in [4.69, 9.17) is 5.11 Å². The molecule has 102 valence electrons. The molecule has 0 aromatic heterocycles. The Labute approximate surface area is 125 Å². The third-order valence-corrected chi connectivity index (χ3v) is 3.87. The van der Waals surface area contributed by atoms with Gasteiger partial charge in [0.15, 0.2) is 0 Å². The number of carboxylic acid groups (broad SMARTS) is 1. The summed E-state index contributed by atoms with van der Waals surface area (Å²) < 4.78 is 1.10. The van der Waals surface area contributed by atoms with Gasteiger partial charge in [-0.3, -0.25) is 4.79 Å². The minimum atomic E-state index is -0.827. The molecule has 2 amide bonds. The maximum atomic E-state index is 12.0. The molecule has 1 aromatic carbocycles. The molecule has 5 nitrogen and oxygen atoms in total. The van der Waals surface area contributed by atoms with Gasteiger partial charge in [-0.25, -0.2) is 4.79 Å². The van der Waals surface area contributed by atoms with Crippen LogP contribution < -0.4 is 5.32 Å². The third-order valence-electron chi connectivity index (χ3n) is 3.15. The molecule has 1 aliphatic rings. The molecular formula is C13H15IN2O3. The summed E-state index contributed by atoms with van der Waals surface area (Å²) >= 11 is 2.19. The molecule has 1 fully saturated rings. The van der Waals surface area contributed by atoms with Crippen LogP contribution in [0.5, 0.6) is 0 Å². The summed E-state index contributed by atoms with van der Waals surface area (Å²) in [5, 5.41) is 11.8. The van der Waals surface area contributed by atoms with Gasteiger partial charge in [-0.2, -0.15) is 0 Å². The molecule has 1 saturated heterocycles.